The van der Waals surface area contributed by atoms with Crippen molar-refractivity contribution >= 4 is 38.9 Å². The third-order valence-corrected chi connectivity index (χ3v) is 6.91. The molecule has 0 aliphatic carbocycles. The maximum atomic E-state index is 13.4. The summed E-state index contributed by atoms with van der Waals surface area (Å²) in [6.07, 6.45) is -4.71. The van der Waals surface area contributed by atoms with Crippen molar-refractivity contribution in [2.75, 3.05) is 16.2 Å². The van der Waals surface area contributed by atoms with E-state index in [1.54, 1.807) is 50.2 Å². The summed E-state index contributed by atoms with van der Waals surface area (Å²) < 4.78 is 67.2. The van der Waals surface area contributed by atoms with Crippen LogP contribution in [-0.2, 0) is 21.0 Å². The van der Waals surface area contributed by atoms with Gasteiger partial charge in [0.25, 0.3) is 10.0 Å². The molecule has 1 N–H and O–H groups in total. The van der Waals surface area contributed by atoms with Crippen molar-refractivity contribution in [1.82, 2.24) is 0 Å². The number of nitrogens with one attached hydrogen (secondary N) is 1. The van der Waals surface area contributed by atoms with Gasteiger partial charge in [-0.15, -0.1) is 0 Å². The predicted molar refractivity (Wildman–Crippen MR) is 122 cm³/mol. The van der Waals surface area contributed by atoms with Gasteiger partial charge in [0.05, 0.1) is 21.2 Å². The number of nitrogens with zero attached hydrogens (tertiary/aromatic N) is 1. The molecule has 0 radical (unpaired) electrons. The van der Waals surface area contributed by atoms with Crippen LogP contribution in [0.25, 0.3) is 0 Å². The number of hydrogen-bond acceptors (Lipinski definition) is 3. The van der Waals surface area contributed by atoms with Crippen LogP contribution >= 0.6 is 11.6 Å². The summed E-state index contributed by atoms with van der Waals surface area (Å²) in [5.74, 6) is -0.814. The molecule has 0 saturated carbocycles. The Morgan fingerprint density at radius 2 is 1.67 bits per heavy atom. The van der Waals surface area contributed by atoms with Gasteiger partial charge in [0.2, 0.25) is 5.91 Å². The van der Waals surface area contributed by atoms with E-state index in [0.29, 0.717) is 17.3 Å². The van der Waals surface area contributed by atoms with Crippen molar-refractivity contribution in [3.05, 3.63) is 88.4 Å². The average Bonchev–Trinajstić information content (AvgIpc) is 2.75. The van der Waals surface area contributed by atoms with Crippen molar-refractivity contribution in [2.24, 2.45) is 0 Å². The lowest BCUT2D eigenvalue weighted by Crippen LogP contribution is -2.38. The first-order chi connectivity index (χ1) is 15.4. The van der Waals surface area contributed by atoms with Gasteiger partial charge < -0.3 is 5.32 Å². The quantitative estimate of drug-likeness (QED) is 0.468. The first kappa shape index (κ1) is 24.6. The number of halogens is 4. The molecule has 10 heteroatoms. The first-order valence-electron chi connectivity index (χ1n) is 9.71. The van der Waals surface area contributed by atoms with Gasteiger partial charge in [-0.25, -0.2) is 8.42 Å². The number of carbonyl (C=O) groups is 1. The highest BCUT2D eigenvalue weighted by Gasteiger charge is 2.34. The van der Waals surface area contributed by atoms with E-state index in [9.17, 15) is 26.4 Å². The number of carbonyl (C=O) groups excluding carboxylic acids is 1. The number of amides is 1. The van der Waals surface area contributed by atoms with E-state index in [-0.39, 0.29) is 10.6 Å². The monoisotopic (exact) mass is 496 g/mol. The van der Waals surface area contributed by atoms with Crippen LogP contribution in [0.15, 0.2) is 71.6 Å². The van der Waals surface area contributed by atoms with Crippen molar-refractivity contribution in [2.45, 2.75) is 24.9 Å². The van der Waals surface area contributed by atoms with Gasteiger partial charge in [0, 0.05) is 5.69 Å². The molecule has 0 unspecified atom stereocenters. The van der Waals surface area contributed by atoms with E-state index in [4.69, 9.17) is 11.6 Å². The largest absolute Gasteiger partial charge is 0.417 e. The number of aryl methyl sites for hydroxylation is 2. The molecular weight excluding hydrogens is 477 g/mol. The topological polar surface area (TPSA) is 66.5 Å². The molecule has 0 fully saturated rings. The summed E-state index contributed by atoms with van der Waals surface area (Å²) in [5.41, 5.74) is 0.414. The minimum Gasteiger partial charge on any atom is -0.324 e. The zero-order valence-electron chi connectivity index (χ0n) is 17.7. The van der Waals surface area contributed by atoms with Gasteiger partial charge in [-0.05, 0) is 61.4 Å². The molecule has 174 valence electrons. The Hall–Kier alpha value is -3.04. The summed E-state index contributed by atoms with van der Waals surface area (Å²) in [5, 5.41) is 1.83. The molecule has 3 aromatic rings. The van der Waals surface area contributed by atoms with E-state index in [1.807, 2.05) is 0 Å². The molecule has 3 rings (SSSR count). The van der Waals surface area contributed by atoms with Crippen molar-refractivity contribution < 1.29 is 26.4 Å². The van der Waals surface area contributed by atoms with Gasteiger partial charge in [0.1, 0.15) is 6.54 Å². The standard InChI is InChI=1S/C23H20ClF3N2O3S/c1-15-8-9-16(2)21(12-15)29(33(31,32)18-6-4-3-5-7-18)14-22(30)28-17-10-11-20(24)19(13-17)23(25,26)27/h3-13H,14H2,1-2H3,(H,28,30). The molecule has 0 atom stereocenters. The molecule has 0 aliphatic heterocycles. The van der Waals surface area contributed by atoms with Crippen LogP contribution in [-0.4, -0.2) is 20.9 Å². The van der Waals surface area contributed by atoms with Crippen molar-refractivity contribution in [3.8, 4) is 0 Å². The van der Waals surface area contributed by atoms with E-state index < -0.39 is 39.2 Å². The van der Waals surface area contributed by atoms with Crippen molar-refractivity contribution in [3.63, 3.8) is 0 Å². The van der Waals surface area contributed by atoms with Gasteiger partial charge in [0.15, 0.2) is 0 Å². The Bertz CT molecular complexity index is 1280. The Morgan fingerprint density at radius 3 is 2.30 bits per heavy atom. The Kier molecular flexibility index (Phi) is 7.04. The van der Waals surface area contributed by atoms with E-state index >= 15 is 0 Å². The summed E-state index contributed by atoms with van der Waals surface area (Å²) >= 11 is 5.62. The summed E-state index contributed by atoms with van der Waals surface area (Å²) in [6, 6.07) is 15.7. The third kappa shape index (κ3) is 5.66. The number of alkyl halides is 3. The van der Waals surface area contributed by atoms with E-state index in [0.717, 1.165) is 15.9 Å². The fourth-order valence-corrected chi connectivity index (χ4v) is 4.88. The van der Waals surface area contributed by atoms with Crippen molar-refractivity contribution in [1.29, 1.82) is 0 Å². The van der Waals surface area contributed by atoms with Crippen LogP contribution in [0.4, 0.5) is 24.5 Å². The maximum Gasteiger partial charge on any atom is 0.417 e. The zero-order chi connectivity index (χ0) is 24.4. The smallest absolute Gasteiger partial charge is 0.324 e. The SMILES string of the molecule is Cc1ccc(C)c(N(CC(=O)Nc2ccc(Cl)c(C(F)(F)F)c2)S(=O)(=O)c2ccccc2)c1. The average molecular weight is 497 g/mol. The Labute approximate surface area is 194 Å². The highest BCUT2D eigenvalue weighted by atomic mass is 35.5. The molecule has 0 heterocycles. The number of rotatable bonds is 6. The lowest BCUT2D eigenvalue weighted by atomic mass is 10.1. The first-order valence-corrected chi connectivity index (χ1v) is 11.5. The molecule has 0 aliphatic rings. The molecule has 0 bridgehead atoms. The zero-order valence-corrected chi connectivity index (χ0v) is 19.2. The second kappa shape index (κ2) is 9.44. The molecule has 33 heavy (non-hydrogen) atoms. The summed E-state index contributed by atoms with van der Waals surface area (Å²) in [7, 11) is -4.15. The van der Waals surface area contributed by atoms with E-state index in [1.165, 1.54) is 18.2 Å². The third-order valence-electron chi connectivity index (χ3n) is 4.81. The van der Waals surface area contributed by atoms with Gasteiger partial charge >= 0.3 is 6.18 Å². The maximum absolute atomic E-state index is 13.4. The summed E-state index contributed by atoms with van der Waals surface area (Å²) in [6.45, 7) is 2.84. The van der Waals surface area contributed by atoms with Crippen LogP contribution in [0.2, 0.25) is 5.02 Å². The highest BCUT2D eigenvalue weighted by molar-refractivity contribution is 7.92. The minimum absolute atomic E-state index is 0.0236. The van der Waals surface area contributed by atoms with Crippen LogP contribution in [0.1, 0.15) is 16.7 Å². The molecule has 5 nitrogen and oxygen atoms in total. The predicted octanol–water partition coefficient (Wildman–Crippen LogP) is 5.81. The molecule has 0 aromatic heterocycles. The lowest BCUT2D eigenvalue weighted by Gasteiger charge is -2.26. The Morgan fingerprint density at radius 1 is 1.00 bits per heavy atom. The molecule has 0 saturated heterocycles. The number of anilines is 2. The second-order valence-corrected chi connectivity index (χ2v) is 9.62. The number of hydrogen-bond donors (Lipinski definition) is 1. The van der Waals surface area contributed by atoms with Gasteiger partial charge in [-0.1, -0.05) is 41.9 Å². The summed E-state index contributed by atoms with van der Waals surface area (Å²) in [4.78, 5) is 12.8. The molecule has 0 spiro atoms. The Balaban J connectivity index is 1.98. The van der Waals surface area contributed by atoms with Gasteiger partial charge in [-0.3, -0.25) is 9.10 Å². The number of benzene rings is 3. The van der Waals surface area contributed by atoms with Crippen LogP contribution in [0, 0.1) is 13.8 Å². The second-order valence-electron chi connectivity index (χ2n) is 7.36. The van der Waals surface area contributed by atoms with Crippen LogP contribution < -0.4 is 9.62 Å². The molecular formula is C23H20ClF3N2O3S. The highest BCUT2D eigenvalue weighted by Crippen LogP contribution is 2.36. The van der Waals surface area contributed by atoms with Crippen LogP contribution in [0.5, 0.6) is 0 Å². The fraction of sp³-hybridized carbons (Fsp3) is 0.174. The van der Waals surface area contributed by atoms with Crippen LogP contribution in [0.3, 0.4) is 0 Å². The number of sulfonamides is 1. The molecule has 1 amide bonds. The lowest BCUT2D eigenvalue weighted by molar-refractivity contribution is -0.137. The minimum atomic E-state index is -4.71. The van der Waals surface area contributed by atoms with Gasteiger partial charge in [-0.2, -0.15) is 13.2 Å². The fourth-order valence-electron chi connectivity index (χ4n) is 3.16. The molecule has 3 aromatic carbocycles. The normalized spacial score (nSPS) is 11.8. The van der Waals surface area contributed by atoms with E-state index in [2.05, 4.69) is 5.32 Å².